The summed E-state index contributed by atoms with van der Waals surface area (Å²) in [4.78, 5) is 13.1. The summed E-state index contributed by atoms with van der Waals surface area (Å²) in [5.74, 6) is 0.338. The first kappa shape index (κ1) is 20.6. The normalized spacial score (nSPS) is 11.7. The summed E-state index contributed by atoms with van der Waals surface area (Å²) in [6.45, 7) is 1.66. The molecule has 0 N–H and O–H groups in total. The quantitative estimate of drug-likeness (QED) is 0.581. The second kappa shape index (κ2) is 8.11. The number of ether oxygens (including phenoxy) is 1. The van der Waals surface area contributed by atoms with Gasteiger partial charge in [-0.05, 0) is 18.2 Å². The zero-order valence-electron chi connectivity index (χ0n) is 15.3. The Morgan fingerprint density at radius 1 is 1.14 bits per heavy atom. The van der Waals surface area contributed by atoms with Crippen LogP contribution in [0.5, 0.6) is 5.75 Å². The van der Waals surface area contributed by atoms with E-state index in [9.17, 15) is 13.2 Å². The fraction of sp³-hybridized carbons (Fsp3) is 0.263. The van der Waals surface area contributed by atoms with Crippen LogP contribution in [0.15, 0.2) is 41.2 Å². The monoisotopic (exact) mass is 440 g/mol. The van der Waals surface area contributed by atoms with Crippen molar-refractivity contribution in [2.45, 2.75) is 13.5 Å². The van der Waals surface area contributed by atoms with Crippen LogP contribution in [0.25, 0.3) is 22.2 Å². The molecule has 0 saturated carbocycles. The predicted octanol–water partition coefficient (Wildman–Crippen LogP) is 3.81. The average Bonchev–Trinajstić information content (AvgIpc) is 2.69. The van der Waals surface area contributed by atoms with E-state index < -0.39 is 9.84 Å². The Hall–Kier alpha value is -2.09. The standard InChI is InChI=1S/C19H18Cl2N2O4S/c1-3-28(25,26)11-10-23-18-13(7-5-9-15(18)27-2)19(24)17(22-23)12-6-4-8-14(20)16(12)21/h4-9H,3,10-11H2,1-2H3. The summed E-state index contributed by atoms with van der Waals surface area (Å²) in [6.07, 6.45) is 0. The van der Waals surface area contributed by atoms with Crippen molar-refractivity contribution in [3.05, 3.63) is 56.7 Å². The van der Waals surface area contributed by atoms with Crippen LogP contribution in [0.1, 0.15) is 6.92 Å². The smallest absolute Gasteiger partial charge is 0.216 e. The summed E-state index contributed by atoms with van der Waals surface area (Å²) in [6, 6.07) is 9.97. The molecule has 6 nitrogen and oxygen atoms in total. The number of hydrogen-bond acceptors (Lipinski definition) is 5. The lowest BCUT2D eigenvalue weighted by molar-refractivity contribution is 0.415. The molecule has 3 aromatic rings. The number of hydrogen-bond donors (Lipinski definition) is 0. The molecular weight excluding hydrogens is 423 g/mol. The van der Waals surface area contributed by atoms with Crippen LogP contribution < -0.4 is 10.2 Å². The van der Waals surface area contributed by atoms with Crippen LogP contribution in [0.3, 0.4) is 0 Å². The molecule has 0 spiro atoms. The second-order valence-corrected chi connectivity index (χ2v) is 9.35. The molecule has 0 aliphatic rings. The molecule has 0 fully saturated rings. The number of rotatable bonds is 6. The maximum Gasteiger partial charge on any atom is 0.216 e. The van der Waals surface area contributed by atoms with E-state index in [-0.39, 0.29) is 34.2 Å². The SMILES string of the molecule is CCS(=O)(=O)CCn1nc(-c2cccc(Cl)c2Cl)c(=O)c2cccc(OC)c21. The topological polar surface area (TPSA) is 78.3 Å². The third kappa shape index (κ3) is 3.87. The number of halogens is 2. The number of aryl methyl sites for hydroxylation is 1. The van der Waals surface area contributed by atoms with Gasteiger partial charge in [0.1, 0.15) is 17.0 Å². The maximum absolute atomic E-state index is 13.1. The number of fused-ring (bicyclic) bond motifs is 1. The fourth-order valence-electron chi connectivity index (χ4n) is 2.87. The first-order valence-electron chi connectivity index (χ1n) is 8.51. The van der Waals surface area contributed by atoms with Crippen LogP contribution in [0.2, 0.25) is 10.0 Å². The molecule has 28 heavy (non-hydrogen) atoms. The van der Waals surface area contributed by atoms with Crippen molar-refractivity contribution < 1.29 is 13.2 Å². The zero-order chi connectivity index (χ0) is 20.5. The average molecular weight is 441 g/mol. The number of para-hydroxylation sites is 1. The summed E-state index contributed by atoms with van der Waals surface area (Å²) in [5.41, 5.74) is 0.578. The minimum Gasteiger partial charge on any atom is -0.494 e. The molecule has 1 heterocycles. The Bertz CT molecular complexity index is 1210. The van der Waals surface area contributed by atoms with Gasteiger partial charge in [-0.15, -0.1) is 0 Å². The van der Waals surface area contributed by atoms with Crippen molar-refractivity contribution in [1.29, 1.82) is 0 Å². The molecule has 0 saturated heterocycles. The van der Waals surface area contributed by atoms with Crippen molar-refractivity contribution in [2.24, 2.45) is 0 Å². The molecule has 0 aliphatic heterocycles. The van der Waals surface area contributed by atoms with Crippen molar-refractivity contribution in [3.8, 4) is 17.0 Å². The summed E-state index contributed by atoms with van der Waals surface area (Å²) >= 11 is 12.4. The lowest BCUT2D eigenvalue weighted by Gasteiger charge is -2.15. The highest BCUT2D eigenvalue weighted by Crippen LogP contribution is 2.32. The Morgan fingerprint density at radius 2 is 1.86 bits per heavy atom. The van der Waals surface area contributed by atoms with Gasteiger partial charge in [0.25, 0.3) is 0 Å². The van der Waals surface area contributed by atoms with Gasteiger partial charge in [0.2, 0.25) is 5.43 Å². The molecule has 0 atom stereocenters. The summed E-state index contributed by atoms with van der Waals surface area (Å²) < 4.78 is 30.9. The highest BCUT2D eigenvalue weighted by atomic mass is 35.5. The van der Waals surface area contributed by atoms with Crippen molar-refractivity contribution in [3.63, 3.8) is 0 Å². The van der Waals surface area contributed by atoms with Crippen LogP contribution in [0, 0.1) is 0 Å². The minimum atomic E-state index is -3.24. The highest BCUT2D eigenvalue weighted by Gasteiger charge is 2.19. The molecule has 1 aromatic heterocycles. The number of methoxy groups -OCH3 is 1. The van der Waals surface area contributed by atoms with Gasteiger partial charge in [0.15, 0.2) is 9.84 Å². The van der Waals surface area contributed by atoms with E-state index in [1.807, 2.05) is 0 Å². The van der Waals surface area contributed by atoms with Gasteiger partial charge in [-0.2, -0.15) is 5.10 Å². The lowest BCUT2D eigenvalue weighted by Crippen LogP contribution is -2.21. The molecule has 0 unspecified atom stereocenters. The third-order valence-electron chi connectivity index (χ3n) is 4.42. The highest BCUT2D eigenvalue weighted by molar-refractivity contribution is 7.91. The predicted molar refractivity (Wildman–Crippen MR) is 112 cm³/mol. The van der Waals surface area contributed by atoms with E-state index in [1.54, 1.807) is 43.3 Å². The molecule has 0 radical (unpaired) electrons. The summed E-state index contributed by atoms with van der Waals surface area (Å²) in [5, 5.41) is 5.30. The molecule has 2 aromatic carbocycles. The lowest BCUT2D eigenvalue weighted by atomic mass is 10.1. The number of benzene rings is 2. The number of aromatic nitrogens is 2. The number of nitrogens with zero attached hydrogens (tertiary/aromatic N) is 2. The van der Waals surface area contributed by atoms with Gasteiger partial charge < -0.3 is 4.74 Å². The molecule has 0 aliphatic carbocycles. The van der Waals surface area contributed by atoms with Crippen LogP contribution >= 0.6 is 23.2 Å². The molecular formula is C19H18Cl2N2O4S. The van der Waals surface area contributed by atoms with Gasteiger partial charge in [-0.3, -0.25) is 9.48 Å². The van der Waals surface area contributed by atoms with Gasteiger partial charge in [-0.25, -0.2) is 8.42 Å². The van der Waals surface area contributed by atoms with E-state index in [1.165, 1.54) is 11.8 Å². The molecule has 148 valence electrons. The summed E-state index contributed by atoms with van der Waals surface area (Å²) in [7, 11) is -1.76. The molecule has 3 rings (SSSR count). The molecule has 0 amide bonds. The zero-order valence-corrected chi connectivity index (χ0v) is 17.6. The molecule has 9 heteroatoms. The van der Waals surface area contributed by atoms with E-state index >= 15 is 0 Å². The fourth-order valence-corrected chi connectivity index (χ4v) is 4.00. The van der Waals surface area contributed by atoms with Crippen LogP contribution in [-0.4, -0.2) is 36.8 Å². The second-order valence-electron chi connectivity index (χ2n) is 6.10. The van der Waals surface area contributed by atoms with Crippen molar-refractivity contribution >= 4 is 43.9 Å². The number of sulfone groups is 1. The van der Waals surface area contributed by atoms with E-state index in [0.717, 1.165) is 0 Å². The first-order valence-corrected chi connectivity index (χ1v) is 11.1. The van der Waals surface area contributed by atoms with Gasteiger partial charge >= 0.3 is 0 Å². The Kier molecular flexibility index (Phi) is 5.98. The Labute approximate surface area is 172 Å². The van der Waals surface area contributed by atoms with E-state index in [4.69, 9.17) is 27.9 Å². The van der Waals surface area contributed by atoms with Gasteiger partial charge in [-0.1, -0.05) is 48.3 Å². The largest absolute Gasteiger partial charge is 0.494 e. The van der Waals surface area contributed by atoms with Crippen LogP contribution in [-0.2, 0) is 16.4 Å². The minimum absolute atomic E-state index is 0.0231. The third-order valence-corrected chi connectivity index (χ3v) is 6.92. The maximum atomic E-state index is 13.1. The van der Waals surface area contributed by atoms with Gasteiger partial charge in [0.05, 0.1) is 34.8 Å². The van der Waals surface area contributed by atoms with Crippen LogP contribution in [0.4, 0.5) is 0 Å². The van der Waals surface area contributed by atoms with E-state index in [2.05, 4.69) is 5.10 Å². The molecule has 0 bridgehead atoms. The van der Waals surface area contributed by atoms with E-state index in [0.29, 0.717) is 27.2 Å². The van der Waals surface area contributed by atoms with Crippen molar-refractivity contribution in [1.82, 2.24) is 9.78 Å². The van der Waals surface area contributed by atoms with Gasteiger partial charge in [0, 0.05) is 11.3 Å². The first-order chi connectivity index (χ1) is 13.3. The Morgan fingerprint density at radius 3 is 2.54 bits per heavy atom. The Balaban J connectivity index is 2.31. The van der Waals surface area contributed by atoms with Crippen molar-refractivity contribution in [2.75, 3.05) is 18.6 Å².